The highest BCUT2D eigenvalue weighted by atomic mass is 19.1. The largest absolute Gasteiger partial charge is 0.465 e. The fourth-order valence-corrected chi connectivity index (χ4v) is 2.70. The Morgan fingerprint density at radius 3 is 2.88 bits per heavy atom. The van der Waals surface area contributed by atoms with Crippen molar-refractivity contribution >= 4 is 17.1 Å². The van der Waals surface area contributed by atoms with Crippen LogP contribution >= 0.6 is 0 Å². The van der Waals surface area contributed by atoms with Crippen molar-refractivity contribution in [3.05, 3.63) is 42.6 Å². The number of rotatable bonds is 8. The van der Waals surface area contributed by atoms with Gasteiger partial charge in [-0.1, -0.05) is 18.9 Å². The molecule has 0 aliphatic rings. The van der Waals surface area contributed by atoms with Crippen molar-refractivity contribution in [1.29, 1.82) is 0 Å². The molecule has 0 saturated carbocycles. The summed E-state index contributed by atoms with van der Waals surface area (Å²) < 4.78 is 15.7. The predicted molar refractivity (Wildman–Crippen MR) is 95.2 cm³/mol. The molecule has 2 N–H and O–H groups in total. The third-order valence-corrected chi connectivity index (χ3v) is 4.04. The molecule has 0 aliphatic carbocycles. The highest BCUT2D eigenvalue weighted by Gasteiger charge is 2.08. The average molecular weight is 357 g/mol. The van der Waals surface area contributed by atoms with E-state index >= 15 is 0 Å². The smallest absolute Gasteiger partial charge is 0.404 e. The number of nitrogens with one attached hydrogen (secondary N) is 1. The molecule has 1 aromatic carbocycles. The molecule has 1 amide bonds. The third-order valence-electron chi connectivity index (χ3n) is 4.04. The normalized spacial score (nSPS) is 11.0. The highest BCUT2D eigenvalue weighted by Crippen LogP contribution is 2.20. The van der Waals surface area contributed by atoms with Gasteiger partial charge in [-0.3, -0.25) is 9.67 Å². The molecular weight excluding hydrogens is 337 g/mol. The van der Waals surface area contributed by atoms with Gasteiger partial charge in [0.2, 0.25) is 0 Å². The number of carboxylic acid groups (broad SMARTS) is 1. The van der Waals surface area contributed by atoms with Crippen LogP contribution in [0.3, 0.4) is 0 Å². The van der Waals surface area contributed by atoms with Crippen LogP contribution in [0.25, 0.3) is 22.3 Å². The fourth-order valence-electron chi connectivity index (χ4n) is 2.70. The summed E-state index contributed by atoms with van der Waals surface area (Å²) in [7, 11) is 0. The van der Waals surface area contributed by atoms with Gasteiger partial charge in [-0.15, -0.1) is 0 Å². The maximum atomic E-state index is 13.9. The van der Waals surface area contributed by atoms with E-state index in [2.05, 4.69) is 20.4 Å². The summed E-state index contributed by atoms with van der Waals surface area (Å²) in [6, 6.07) is 4.71. The van der Waals surface area contributed by atoms with Crippen LogP contribution in [-0.2, 0) is 6.54 Å². The third kappa shape index (κ3) is 4.53. The molecule has 0 saturated heterocycles. The van der Waals surface area contributed by atoms with Crippen molar-refractivity contribution in [2.75, 3.05) is 6.54 Å². The maximum Gasteiger partial charge on any atom is 0.404 e. The molecule has 3 aromatic rings. The monoisotopic (exact) mass is 357 g/mol. The molecule has 0 unspecified atom stereocenters. The summed E-state index contributed by atoms with van der Waals surface area (Å²) in [5.74, 6) is -0.387. The lowest BCUT2D eigenvalue weighted by Crippen LogP contribution is -2.21. The molecule has 26 heavy (non-hydrogen) atoms. The van der Waals surface area contributed by atoms with Gasteiger partial charge >= 0.3 is 6.09 Å². The number of unbranched alkanes of at least 4 members (excludes halogenated alkanes) is 3. The van der Waals surface area contributed by atoms with E-state index < -0.39 is 6.09 Å². The quantitative estimate of drug-likeness (QED) is 0.602. The molecule has 0 fully saturated rings. The van der Waals surface area contributed by atoms with E-state index in [1.54, 1.807) is 24.5 Å². The first kappa shape index (κ1) is 17.8. The molecule has 2 aromatic heterocycles. The number of aromatic nitrogens is 4. The number of carbonyl (C=O) groups is 1. The Balaban J connectivity index is 1.53. The van der Waals surface area contributed by atoms with E-state index in [1.807, 2.05) is 10.9 Å². The Bertz CT molecular complexity index is 896. The number of fused-ring (bicyclic) bond motifs is 1. The molecule has 0 spiro atoms. The number of aryl methyl sites for hydroxylation is 1. The van der Waals surface area contributed by atoms with Crippen molar-refractivity contribution in [2.45, 2.75) is 32.2 Å². The highest BCUT2D eigenvalue weighted by molar-refractivity contribution is 5.77. The van der Waals surface area contributed by atoms with E-state index in [4.69, 9.17) is 5.11 Å². The topological polar surface area (TPSA) is 92.9 Å². The van der Waals surface area contributed by atoms with Crippen LogP contribution in [0, 0.1) is 5.82 Å². The van der Waals surface area contributed by atoms with Gasteiger partial charge in [-0.2, -0.15) is 5.10 Å². The first-order valence-corrected chi connectivity index (χ1v) is 8.54. The minimum Gasteiger partial charge on any atom is -0.465 e. The lowest BCUT2D eigenvalue weighted by molar-refractivity contribution is 0.194. The number of halogens is 1. The van der Waals surface area contributed by atoms with Gasteiger partial charge in [-0.25, -0.2) is 14.2 Å². The van der Waals surface area contributed by atoms with Crippen molar-refractivity contribution in [1.82, 2.24) is 25.1 Å². The van der Waals surface area contributed by atoms with E-state index in [1.165, 1.54) is 6.07 Å². The molecule has 3 rings (SSSR count). The first-order valence-electron chi connectivity index (χ1n) is 8.54. The number of para-hydroxylation sites is 1. The van der Waals surface area contributed by atoms with E-state index in [0.717, 1.165) is 37.8 Å². The second kappa shape index (κ2) is 8.37. The molecule has 0 aliphatic heterocycles. The van der Waals surface area contributed by atoms with Gasteiger partial charge in [0.1, 0.15) is 5.52 Å². The Kier molecular flexibility index (Phi) is 5.73. The Morgan fingerprint density at radius 1 is 1.19 bits per heavy atom. The van der Waals surface area contributed by atoms with E-state index in [-0.39, 0.29) is 11.3 Å². The Hall–Kier alpha value is -3.03. The first-order chi connectivity index (χ1) is 12.6. The van der Waals surface area contributed by atoms with Crippen molar-refractivity contribution in [2.24, 2.45) is 0 Å². The van der Waals surface area contributed by atoms with Crippen LogP contribution in [0.15, 0.2) is 36.8 Å². The molecule has 7 nitrogen and oxygen atoms in total. The van der Waals surface area contributed by atoms with Gasteiger partial charge in [0.25, 0.3) is 0 Å². The van der Waals surface area contributed by atoms with Gasteiger partial charge in [-0.05, 0) is 25.0 Å². The van der Waals surface area contributed by atoms with Crippen LogP contribution in [0.5, 0.6) is 0 Å². The summed E-state index contributed by atoms with van der Waals surface area (Å²) >= 11 is 0. The van der Waals surface area contributed by atoms with Crippen molar-refractivity contribution in [3.8, 4) is 11.3 Å². The zero-order valence-electron chi connectivity index (χ0n) is 14.2. The zero-order valence-corrected chi connectivity index (χ0v) is 14.2. The predicted octanol–water partition coefficient (Wildman–Crippen LogP) is 3.46. The second-order valence-electron chi connectivity index (χ2n) is 6.00. The lowest BCUT2D eigenvalue weighted by Gasteiger charge is -2.03. The van der Waals surface area contributed by atoms with Crippen molar-refractivity contribution < 1.29 is 14.3 Å². The summed E-state index contributed by atoms with van der Waals surface area (Å²) in [6.07, 6.45) is 7.96. The minimum absolute atomic E-state index is 0.257. The van der Waals surface area contributed by atoms with Gasteiger partial charge in [0, 0.05) is 24.8 Å². The summed E-state index contributed by atoms with van der Waals surface area (Å²) in [6.45, 7) is 1.25. The van der Waals surface area contributed by atoms with Gasteiger partial charge < -0.3 is 10.4 Å². The minimum atomic E-state index is -0.981. The van der Waals surface area contributed by atoms with Crippen LogP contribution in [0.2, 0.25) is 0 Å². The molecule has 0 bridgehead atoms. The number of hydrogen-bond donors (Lipinski definition) is 2. The van der Waals surface area contributed by atoms with E-state index in [0.29, 0.717) is 17.8 Å². The van der Waals surface area contributed by atoms with Gasteiger partial charge in [0.15, 0.2) is 5.82 Å². The number of hydrogen-bond acceptors (Lipinski definition) is 4. The Labute approximate surface area is 149 Å². The fraction of sp³-hybridized carbons (Fsp3) is 0.333. The lowest BCUT2D eigenvalue weighted by atomic mass is 10.2. The average Bonchev–Trinajstić information content (AvgIpc) is 3.10. The zero-order chi connectivity index (χ0) is 18.4. The summed E-state index contributed by atoms with van der Waals surface area (Å²) in [5.41, 5.74) is 2.17. The second-order valence-corrected chi connectivity index (χ2v) is 6.00. The molecule has 136 valence electrons. The molecular formula is C18H20FN5O2. The molecule has 8 heteroatoms. The SMILES string of the molecule is O=C(O)NCCCCCCn1cc(-c2cnc3cccc(F)c3n2)cn1. The maximum absolute atomic E-state index is 13.9. The summed E-state index contributed by atoms with van der Waals surface area (Å²) in [4.78, 5) is 18.9. The number of amides is 1. The number of benzene rings is 1. The Morgan fingerprint density at radius 2 is 2.04 bits per heavy atom. The number of nitrogens with zero attached hydrogens (tertiary/aromatic N) is 4. The van der Waals surface area contributed by atoms with E-state index in [9.17, 15) is 9.18 Å². The van der Waals surface area contributed by atoms with Crippen LogP contribution in [0.1, 0.15) is 25.7 Å². The van der Waals surface area contributed by atoms with Crippen molar-refractivity contribution in [3.63, 3.8) is 0 Å². The van der Waals surface area contributed by atoms with Crippen LogP contribution < -0.4 is 5.32 Å². The molecule has 0 atom stereocenters. The summed E-state index contributed by atoms with van der Waals surface area (Å²) in [5, 5.41) is 15.2. The standard InChI is InChI=1S/C18H20FN5O2/c19-14-6-5-7-15-17(14)23-16(11-21-15)13-10-22-24(12-13)9-4-2-1-3-8-20-18(25)26/h5-7,10-12,20H,1-4,8-9H2,(H,25,26). The van der Waals surface area contributed by atoms with Gasteiger partial charge in [0.05, 0.1) is 23.6 Å². The molecule has 0 radical (unpaired) electrons. The van der Waals surface area contributed by atoms with Crippen LogP contribution in [-0.4, -0.2) is 37.5 Å². The van der Waals surface area contributed by atoms with Crippen LogP contribution in [0.4, 0.5) is 9.18 Å². The molecule has 2 heterocycles.